The van der Waals surface area contributed by atoms with E-state index < -0.39 is 16.1 Å². The van der Waals surface area contributed by atoms with E-state index in [1.54, 1.807) is 19.2 Å². The van der Waals surface area contributed by atoms with Crippen molar-refractivity contribution in [1.82, 2.24) is 20.2 Å². The maximum atomic E-state index is 12.5. The van der Waals surface area contributed by atoms with E-state index in [2.05, 4.69) is 27.1 Å². The topological polar surface area (TPSA) is 131 Å². The Labute approximate surface area is 200 Å². The Balaban J connectivity index is 1.65. The number of hydrogen-bond acceptors (Lipinski definition) is 9. The van der Waals surface area contributed by atoms with Gasteiger partial charge in [-0.2, -0.15) is 0 Å². The molecule has 1 saturated carbocycles. The maximum absolute atomic E-state index is 12.5. The number of rotatable bonds is 10. The first kappa shape index (κ1) is 24.1. The predicted octanol–water partition coefficient (Wildman–Crippen LogP) is 2.65. The third-order valence-electron chi connectivity index (χ3n) is 6.24. The fourth-order valence-corrected chi connectivity index (χ4v) is 4.52. The van der Waals surface area contributed by atoms with Crippen LogP contribution in [0.1, 0.15) is 37.9 Å². The molecule has 1 aliphatic carbocycles. The van der Waals surface area contributed by atoms with E-state index in [4.69, 9.17) is 10.2 Å². The third-order valence-corrected chi connectivity index (χ3v) is 7.99. The van der Waals surface area contributed by atoms with Crippen LogP contribution in [0.5, 0.6) is 0 Å². The number of pyridine rings is 2. The highest BCUT2D eigenvalue weighted by atomic mass is 32.2. The van der Waals surface area contributed by atoms with Crippen molar-refractivity contribution in [1.29, 1.82) is 0 Å². The second-order valence-electron chi connectivity index (χ2n) is 8.87. The Bertz CT molecular complexity index is 1230. The van der Waals surface area contributed by atoms with E-state index in [0.717, 1.165) is 12.2 Å². The van der Waals surface area contributed by atoms with Crippen LogP contribution < -0.4 is 14.9 Å². The number of anilines is 2. The van der Waals surface area contributed by atoms with Crippen LogP contribution in [0.15, 0.2) is 40.9 Å². The molecule has 0 radical (unpaired) electrons. The van der Waals surface area contributed by atoms with E-state index in [-0.39, 0.29) is 17.5 Å². The first-order chi connectivity index (χ1) is 16.2. The molecule has 3 atom stereocenters. The number of aromatic nitrogens is 4. The molecule has 34 heavy (non-hydrogen) atoms. The van der Waals surface area contributed by atoms with Gasteiger partial charge in [-0.25, -0.2) is 13.4 Å². The Hall–Kier alpha value is -3.05. The number of nitrogens with two attached hydrogens (primary N) is 1. The largest absolute Gasteiger partial charge is 0.419 e. The summed E-state index contributed by atoms with van der Waals surface area (Å²) in [5.74, 6) is 2.74. The minimum atomic E-state index is -3.50. The van der Waals surface area contributed by atoms with Crippen LogP contribution in [0.3, 0.4) is 0 Å². The molecule has 2 N–H and O–H groups in total. The van der Waals surface area contributed by atoms with Gasteiger partial charge in [0, 0.05) is 44.5 Å². The van der Waals surface area contributed by atoms with Crippen molar-refractivity contribution in [2.24, 2.45) is 17.6 Å². The normalized spacial score (nSPS) is 18.5. The average Bonchev–Trinajstić information content (AvgIpc) is 3.31. The highest BCUT2D eigenvalue weighted by Crippen LogP contribution is 2.39. The Morgan fingerprint density at radius 2 is 1.94 bits per heavy atom. The van der Waals surface area contributed by atoms with Crippen LogP contribution in [0.4, 0.5) is 11.6 Å². The lowest BCUT2D eigenvalue weighted by Crippen LogP contribution is -2.30. The molecule has 3 aromatic heterocycles. The molecule has 4 rings (SSSR count). The molecule has 0 saturated heterocycles. The summed E-state index contributed by atoms with van der Waals surface area (Å²) in [7, 11) is -0.0409. The van der Waals surface area contributed by atoms with Gasteiger partial charge in [0.2, 0.25) is 21.8 Å². The molecule has 3 unspecified atom stereocenters. The van der Waals surface area contributed by atoms with E-state index in [0.29, 0.717) is 35.5 Å². The fourth-order valence-electron chi connectivity index (χ4n) is 3.75. The lowest BCUT2D eigenvalue weighted by molar-refractivity contribution is 0.455. The lowest BCUT2D eigenvalue weighted by Gasteiger charge is -2.23. The summed E-state index contributed by atoms with van der Waals surface area (Å²) in [6, 6.07) is 8.60. The van der Waals surface area contributed by atoms with Crippen LogP contribution in [-0.2, 0) is 16.4 Å². The van der Waals surface area contributed by atoms with Gasteiger partial charge in [-0.05, 0) is 49.4 Å². The molecule has 0 aromatic carbocycles. The third kappa shape index (κ3) is 5.36. The van der Waals surface area contributed by atoms with Crippen molar-refractivity contribution in [2.45, 2.75) is 32.7 Å². The Morgan fingerprint density at radius 1 is 1.21 bits per heavy atom. The van der Waals surface area contributed by atoms with Crippen LogP contribution in [0.25, 0.3) is 11.5 Å². The summed E-state index contributed by atoms with van der Waals surface area (Å²) < 4.78 is 32.1. The van der Waals surface area contributed by atoms with Crippen molar-refractivity contribution in [3.63, 3.8) is 0 Å². The van der Waals surface area contributed by atoms with Gasteiger partial charge in [-0.1, -0.05) is 13.0 Å². The van der Waals surface area contributed by atoms with Gasteiger partial charge < -0.3 is 15.1 Å². The number of hydrogen-bond donors (Lipinski definition) is 1. The molecular weight excluding hydrogens is 454 g/mol. The Morgan fingerprint density at radius 3 is 2.59 bits per heavy atom. The number of sulfonamides is 1. The zero-order valence-corrected chi connectivity index (χ0v) is 20.7. The van der Waals surface area contributed by atoms with Gasteiger partial charge in [-0.3, -0.25) is 9.29 Å². The minimum absolute atomic E-state index is 0.0345. The predicted molar refractivity (Wildman–Crippen MR) is 131 cm³/mol. The molecule has 1 aliphatic rings. The molecule has 0 amide bonds. The standard InChI is InChI=1S/C23H31N7O3S/c1-5-34(31,32)30(4)21-12-16(11-20(26-21)29(3)14-17-10-15(17)2)22-27-28-23(33-22)19(24)13-18-8-6-7-9-25-18/h6-9,11-12,15,17,19H,5,10,13-14,24H2,1-4H3. The van der Waals surface area contributed by atoms with E-state index in [1.165, 1.54) is 17.8 Å². The highest BCUT2D eigenvalue weighted by Gasteiger charge is 2.34. The molecule has 0 bridgehead atoms. The first-order valence-electron chi connectivity index (χ1n) is 11.4. The van der Waals surface area contributed by atoms with E-state index in [1.807, 2.05) is 36.2 Å². The second-order valence-corrected chi connectivity index (χ2v) is 11.2. The molecule has 10 nitrogen and oxygen atoms in total. The maximum Gasteiger partial charge on any atom is 0.248 e. The zero-order valence-electron chi connectivity index (χ0n) is 19.9. The molecule has 1 fully saturated rings. The van der Waals surface area contributed by atoms with Gasteiger partial charge >= 0.3 is 0 Å². The molecule has 0 spiro atoms. The summed E-state index contributed by atoms with van der Waals surface area (Å²) in [6.07, 6.45) is 3.35. The smallest absolute Gasteiger partial charge is 0.248 e. The van der Waals surface area contributed by atoms with Crippen molar-refractivity contribution < 1.29 is 12.8 Å². The summed E-state index contributed by atoms with van der Waals surface area (Å²) >= 11 is 0. The van der Waals surface area contributed by atoms with E-state index in [9.17, 15) is 8.42 Å². The van der Waals surface area contributed by atoms with Crippen molar-refractivity contribution in [2.75, 3.05) is 35.6 Å². The highest BCUT2D eigenvalue weighted by molar-refractivity contribution is 7.92. The van der Waals surface area contributed by atoms with Crippen LogP contribution in [-0.4, -0.2) is 55.0 Å². The van der Waals surface area contributed by atoms with Gasteiger partial charge in [0.25, 0.3) is 0 Å². The zero-order chi connectivity index (χ0) is 24.5. The van der Waals surface area contributed by atoms with Crippen LogP contribution in [0.2, 0.25) is 0 Å². The average molecular weight is 486 g/mol. The quantitative estimate of drug-likeness (QED) is 0.460. The van der Waals surface area contributed by atoms with Crippen molar-refractivity contribution in [3.05, 3.63) is 48.1 Å². The van der Waals surface area contributed by atoms with Gasteiger partial charge in [0.1, 0.15) is 11.6 Å². The van der Waals surface area contributed by atoms with Crippen molar-refractivity contribution in [3.8, 4) is 11.5 Å². The summed E-state index contributed by atoms with van der Waals surface area (Å²) in [6.45, 7) is 4.67. The summed E-state index contributed by atoms with van der Waals surface area (Å²) in [4.78, 5) is 11.0. The molecular formula is C23H31N7O3S. The van der Waals surface area contributed by atoms with Crippen molar-refractivity contribution >= 4 is 21.7 Å². The minimum Gasteiger partial charge on any atom is -0.419 e. The van der Waals surface area contributed by atoms with Gasteiger partial charge in [0.05, 0.1) is 11.8 Å². The molecule has 3 aromatic rings. The molecule has 0 aliphatic heterocycles. The SMILES string of the molecule is CCS(=O)(=O)N(C)c1cc(-c2nnc(C(N)Cc3ccccn3)o2)cc(N(C)CC2CC2C)n1. The summed E-state index contributed by atoms with van der Waals surface area (Å²) in [5.41, 5.74) is 7.69. The van der Waals surface area contributed by atoms with E-state index >= 15 is 0 Å². The lowest BCUT2D eigenvalue weighted by atomic mass is 10.1. The fraction of sp³-hybridized carbons (Fsp3) is 0.478. The molecule has 11 heteroatoms. The molecule has 182 valence electrons. The van der Waals surface area contributed by atoms with Gasteiger partial charge in [-0.15, -0.1) is 10.2 Å². The molecule has 3 heterocycles. The van der Waals surface area contributed by atoms with Gasteiger partial charge in [0.15, 0.2) is 0 Å². The Kier molecular flexibility index (Phi) is 6.85. The summed E-state index contributed by atoms with van der Waals surface area (Å²) in [5, 5.41) is 8.32. The van der Waals surface area contributed by atoms with Crippen LogP contribution in [0, 0.1) is 11.8 Å². The number of nitrogens with zero attached hydrogens (tertiary/aromatic N) is 6. The monoisotopic (exact) mass is 485 g/mol. The first-order valence-corrected chi connectivity index (χ1v) is 13.0. The van der Waals surface area contributed by atoms with Crippen LogP contribution >= 0.6 is 0 Å². The second kappa shape index (κ2) is 9.67.